The smallest absolute Gasteiger partial charge is 0.0634 e. The number of hydrogen-bond acceptors (Lipinski definition) is 2. The van der Waals surface area contributed by atoms with Crippen LogP contribution in [0.4, 0.5) is 0 Å². The van der Waals surface area contributed by atoms with E-state index in [1.807, 2.05) is 27.7 Å². The third kappa shape index (κ3) is 4.77. The summed E-state index contributed by atoms with van der Waals surface area (Å²) in [4.78, 5) is 0. The molecule has 0 aliphatic carbocycles. The van der Waals surface area contributed by atoms with E-state index in [4.69, 9.17) is 5.73 Å². The highest BCUT2D eigenvalue weighted by atomic mass is 16.3. The van der Waals surface area contributed by atoms with Gasteiger partial charge in [-0.1, -0.05) is 6.92 Å². The van der Waals surface area contributed by atoms with Gasteiger partial charge in [-0.15, -0.1) is 0 Å². The Hall–Kier alpha value is -0.0800. The minimum atomic E-state index is -0.599. The van der Waals surface area contributed by atoms with E-state index in [0.717, 1.165) is 6.42 Å². The standard InChI is InChI=1S/C8H19NO/c1-5-8(4,10)6-7(2,3)9/h10H,5-6,9H2,1-4H3. The SMILES string of the molecule is CCC(C)(O)CC(C)(C)N. The zero-order chi connectivity index (χ0) is 8.41. The highest BCUT2D eigenvalue weighted by molar-refractivity contribution is 4.83. The van der Waals surface area contributed by atoms with Crippen LogP contribution in [0.5, 0.6) is 0 Å². The van der Waals surface area contributed by atoms with Crippen LogP contribution in [0.15, 0.2) is 0 Å². The van der Waals surface area contributed by atoms with E-state index >= 15 is 0 Å². The van der Waals surface area contributed by atoms with Crippen LogP contribution in [0.2, 0.25) is 0 Å². The van der Waals surface area contributed by atoms with E-state index < -0.39 is 5.60 Å². The normalized spacial score (nSPS) is 18.6. The largest absolute Gasteiger partial charge is 0.390 e. The van der Waals surface area contributed by atoms with Crippen molar-refractivity contribution in [3.8, 4) is 0 Å². The van der Waals surface area contributed by atoms with Crippen LogP contribution in [0.25, 0.3) is 0 Å². The maximum Gasteiger partial charge on any atom is 0.0634 e. The summed E-state index contributed by atoms with van der Waals surface area (Å²) >= 11 is 0. The molecule has 0 aromatic heterocycles. The molecule has 0 saturated heterocycles. The minimum absolute atomic E-state index is 0.264. The first-order valence-corrected chi connectivity index (χ1v) is 3.78. The fourth-order valence-electron chi connectivity index (χ4n) is 1.11. The summed E-state index contributed by atoms with van der Waals surface area (Å²) in [6, 6.07) is 0. The van der Waals surface area contributed by atoms with Gasteiger partial charge in [0.15, 0.2) is 0 Å². The minimum Gasteiger partial charge on any atom is -0.390 e. The van der Waals surface area contributed by atoms with Crippen molar-refractivity contribution < 1.29 is 5.11 Å². The first-order valence-electron chi connectivity index (χ1n) is 3.78. The molecule has 0 amide bonds. The van der Waals surface area contributed by atoms with Crippen LogP contribution in [-0.4, -0.2) is 16.2 Å². The molecule has 0 spiro atoms. The van der Waals surface area contributed by atoms with Gasteiger partial charge in [0.2, 0.25) is 0 Å². The van der Waals surface area contributed by atoms with Gasteiger partial charge >= 0.3 is 0 Å². The molecule has 0 radical (unpaired) electrons. The predicted octanol–water partition coefficient (Wildman–Crippen LogP) is 1.27. The van der Waals surface area contributed by atoms with Gasteiger partial charge in [0.25, 0.3) is 0 Å². The molecule has 1 unspecified atom stereocenters. The lowest BCUT2D eigenvalue weighted by Crippen LogP contribution is -2.41. The van der Waals surface area contributed by atoms with Crippen LogP contribution >= 0.6 is 0 Å². The molecular formula is C8H19NO. The summed E-state index contributed by atoms with van der Waals surface area (Å²) in [6.45, 7) is 7.64. The molecule has 62 valence electrons. The first-order chi connectivity index (χ1) is 4.27. The van der Waals surface area contributed by atoms with E-state index in [1.54, 1.807) is 0 Å². The summed E-state index contributed by atoms with van der Waals surface area (Å²) in [7, 11) is 0. The van der Waals surface area contributed by atoms with Crippen molar-refractivity contribution in [3.05, 3.63) is 0 Å². The average molecular weight is 145 g/mol. The molecule has 3 N–H and O–H groups in total. The molecule has 0 rings (SSSR count). The van der Waals surface area contributed by atoms with Gasteiger partial charge in [-0.2, -0.15) is 0 Å². The quantitative estimate of drug-likeness (QED) is 0.628. The van der Waals surface area contributed by atoms with E-state index in [1.165, 1.54) is 0 Å². The Balaban J connectivity index is 3.89. The molecule has 1 atom stereocenters. The van der Waals surface area contributed by atoms with Crippen molar-refractivity contribution in [2.45, 2.75) is 51.7 Å². The molecule has 10 heavy (non-hydrogen) atoms. The summed E-state index contributed by atoms with van der Waals surface area (Å²) in [6.07, 6.45) is 1.41. The van der Waals surface area contributed by atoms with Gasteiger partial charge in [-0.25, -0.2) is 0 Å². The summed E-state index contributed by atoms with van der Waals surface area (Å²) in [5.74, 6) is 0. The van der Waals surface area contributed by atoms with Gasteiger partial charge < -0.3 is 10.8 Å². The summed E-state index contributed by atoms with van der Waals surface area (Å²) in [5, 5.41) is 9.58. The van der Waals surface area contributed by atoms with Crippen molar-refractivity contribution in [3.63, 3.8) is 0 Å². The second kappa shape index (κ2) is 2.89. The number of aliphatic hydroxyl groups is 1. The number of nitrogens with two attached hydrogens (primary N) is 1. The van der Waals surface area contributed by atoms with Gasteiger partial charge in [-0.3, -0.25) is 0 Å². The Morgan fingerprint density at radius 3 is 1.80 bits per heavy atom. The molecule has 0 bridgehead atoms. The highest BCUT2D eigenvalue weighted by Crippen LogP contribution is 2.20. The lowest BCUT2D eigenvalue weighted by Gasteiger charge is -2.29. The maximum atomic E-state index is 9.58. The molecule has 2 nitrogen and oxygen atoms in total. The second-order valence-corrected chi connectivity index (χ2v) is 4.02. The Bertz CT molecular complexity index is 102. The third-order valence-corrected chi connectivity index (χ3v) is 1.60. The van der Waals surface area contributed by atoms with Crippen molar-refractivity contribution in [1.82, 2.24) is 0 Å². The predicted molar refractivity (Wildman–Crippen MR) is 43.8 cm³/mol. The van der Waals surface area contributed by atoms with Crippen molar-refractivity contribution >= 4 is 0 Å². The molecular weight excluding hydrogens is 126 g/mol. The maximum absolute atomic E-state index is 9.58. The molecule has 0 aromatic carbocycles. The number of rotatable bonds is 3. The van der Waals surface area contributed by atoms with Gasteiger partial charge in [0.05, 0.1) is 5.60 Å². The first kappa shape index (κ1) is 9.92. The third-order valence-electron chi connectivity index (χ3n) is 1.60. The lowest BCUT2D eigenvalue weighted by atomic mass is 9.87. The summed E-state index contributed by atoms with van der Waals surface area (Å²) in [5.41, 5.74) is 4.87. The van der Waals surface area contributed by atoms with Gasteiger partial charge in [0.1, 0.15) is 0 Å². The fraction of sp³-hybridized carbons (Fsp3) is 1.00. The Morgan fingerprint density at radius 1 is 1.30 bits per heavy atom. The Labute approximate surface area is 63.4 Å². The van der Waals surface area contributed by atoms with E-state index in [0.29, 0.717) is 6.42 Å². The van der Waals surface area contributed by atoms with Crippen LogP contribution in [0.1, 0.15) is 40.5 Å². The molecule has 0 aliphatic rings. The van der Waals surface area contributed by atoms with Crippen molar-refractivity contribution in [1.29, 1.82) is 0 Å². The molecule has 0 fully saturated rings. The van der Waals surface area contributed by atoms with E-state index in [-0.39, 0.29) is 5.54 Å². The molecule has 0 saturated carbocycles. The van der Waals surface area contributed by atoms with E-state index in [2.05, 4.69) is 0 Å². The molecule has 0 aliphatic heterocycles. The fourth-order valence-corrected chi connectivity index (χ4v) is 1.11. The molecule has 2 heteroatoms. The van der Waals surface area contributed by atoms with Gasteiger partial charge in [0, 0.05) is 5.54 Å². The van der Waals surface area contributed by atoms with Crippen LogP contribution < -0.4 is 5.73 Å². The Kier molecular flexibility index (Phi) is 2.86. The van der Waals surface area contributed by atoms with Crippen LogP contribution in [0, 0.1) is 0 Å². The lowest BCUT2D eigenvalue weighted by molar-refractivity contribution is 0.0292. The molecule has 0 aromatic rings. The zero-order valence-electron chi connectivity index (χ0n) is 7.44. The summed E-state index contributed by atoms with van der Waals surface area (Å²) < 4.78 is 0. The average Bonchev–Trinajstić information content (AvgIpc) is 1.60. The topological polar surface area (TPSA) is 46.2 Å². The van der Waals surface area contributed by atoms with Gasteiger partial charge in [-0.05, 0) is 33.6 Å². The number of hydrogen-bond donors (Lipinski definition) is 2. The molecule has 0 heterocycles. The monoisotopic (exact) mass is 145 g/mol. The van der Waals surface area contributed by atoms with Crippen LogP contribution in [0.3, 0.4) is 0 Å². The second-order valence-electron chi connectivity index (χ2n) is 4.02. The van der Waals surface area contributed by atoms with Crippen molar-refractivity contribution in [2.75, 3.05) is 0 Å². The van der Waals surface area contributed by atoms with E-state index in [9.17, 15) is 5.11 Å². The highest BCUT2D eigenvalue weighted by Gasteiger charge is 2.25. The zero-order valence-corrected chi connectivity index (χ0v) is 7.44. The Morgan fingerprint density at radius 2 is 1.70 bits per heavy atom. The van der Waals surface area contributed by atoms with Crippen molar-refractivity contribution in [2.24, 2.45) is 5.73 Å². The van der Waals surface area contributed by atoms with Crippen LogP contribution in [-0.2, 0) is 0 Å².